The van der Waals surface area contributed by atoms with E-state index in [0.717, 1.165) is 100 Å². The Bertz CT molecular complexity index is 4600. The predicted octanol–water partition coefficient (Wildman–Crippen LogP) is 20.1. The van der Waals surface area contributed by atoms with Crippen LogP contribution >= 0.6 is 0 Å². The van der Waals surface area contributed by atoms with Gasteiger partial charge in [0.05, 0.1) is 5.69 Å². The van der Waals surface area contributed by atoms with Crippen molar-refractivity contribution in [3.05, 3.63) is 346 Å². The van der Waals surface area contributed by atoms with Gasteiger partial charge in [-0.2, -0.15) is 0 Å². The fourth-order valence-electron chi connectivity index (χ4n) is 11.4. The number of rotatable bonds is 14. The third-order valence-electron chi connectivity index (χ3n) is 16.4. The summed E-state index contributed by atoms with van der Waals surface area (Å²) in [6.45, 7) is 0. The summed E-state index contributed by atoms with van der Waals surface area (Å²) >= 11 is 0. The molecule has 16 aromatic rings. The van der Waals surface area contributed by atoms with E-state index in [0.29, 0.717) is 46.6 Å². The Hall–Kier alpha value is -13.3. The molecule has 0 atom stereocenters. The summed E-state index contributed by atoms with van der Waals surface area (Å²) in [7, 11) is 0. The van der Waals surface area contributed by atoms with Gasteiger partial charge in [-0.05, 0) is 116 Å². The highest BCUT2D eigenvalue weighted by Crippen LogP contribution is 2.38. The van der Waals surface area contributed by atoms with Gasteiger partial charge < -0.3 is 0 Å². The highest BCUT2D eigenvalue weighted by Gasteiger charge is 2.18. The van der Waals surface area contributed by atoms with Crippen molar-refractivity contribution in [2.24, 2.45) is 0 Å². The molecule has 0 saturated heterocycles. The highest BCUT2D eigenvalue weighted by atomic mass is 15.0. The molecule has 0 N–H and O–H groups in total. The van der Waals surface area contributed by atoms with E-state index in [1.54, 1.807) is 24.8 Å². The Kier molecular flexibility index (Phi) is 17.0. The lowest BCUT2D eigenvalue weighted by molar-refractivity contribution is 1.07. The van der Waals surface area contributed by atoms with E-state index in [2.05, 4.69) is 183 Å². The van der Waals surface area contributed by atoms with Gasteiger partial charge in [0, 0.05) is 81.1 Å². The van der Waals surface area contributed by atoms with Crippen molar-refractivity contribution in [1.82, 2.24) is 54.8 Å². The Morgan fingerprint density at radius 3 is 0.625 bits per heavy atom. The predicted molar refractivity (Wildman–Crippen MR) is 385 cm³/mol. The maximum atomic E-state index is 5.04. The second-order valence-electron chi connectivity index (χ2n) is 22.7. The third-order valence-corrected chi connectivity index (χ3v) is 16.4. The zero-order valence-electron chi connectivity index (χ0n) is 51.8. The Morgan fingerprint density at radius 2 is 0.333 bits per heavy atom. The standard InChI is InChI=1S/C43H29N5.C42H28N6/c1-4-11-30(12-5-1)31-17-19-32(20-18-31)37-27-38(33-21-23-36(24-22-33)40-44-25-10-26-45-40)29-39(28-37)43-47-41(34-13-6-2-7-14-34)46-42(48-43)35-15-8-3-9-16-35;1-3-10-32(11-4-1)40-46-41(33-12-5-2-6-13-33)48-42(47-40)37-27-35(29-15-19-31(20-16-29)38-14-7-8-23-43-38)26-36(28-37)30-17-21-34(22-18-30)39-44-24-9-25-45-39/h1-29H;1-28H. The van der Waals surface area contributed by atoms with Crippen LogP contribution < -0.4 is 0 Å². The summed E-state index contributed by atoms with van der Waals surface area (Å²) in [6, 6.07) is 107. The van der Waals surface area contributed by atoms with Crippen LogP contribution in [0.25, 0.3) is 158 Å². The van der Waals surface area contributed by atoms with Crippen LogP contribution in [0.5, 0.6) is 0 Å². The molecule has 11 heteroatoms. The first-order chi connectivity index (χ1) is 47.5. The molecule has 0 saturated carbocycles. The van der Waals surface area contributed by atoms with Crippen LogP contribution in [0.1, 0.15) is 0 Å². The topological polar surface area (TPSA) is 142 Å². The van der Waals surface area contributed by atoms with Crippen LogP contribution in [0.4, 0.5) is 0 Å². The molecular weight excluding hydrogens is 1180 g/mol. The molecule has 0 fully saturated rings. The minimum atomic E-state index is 0.602. The van der Waals surface area contributed by atoms with Crippen molar-refractivity contribution in [3.63, 3.8) is 0 Å². The van der Waals surface area contributed by atoms with E-state index in [4.69, 9.17) is 29.9 Å². The van der Waals surface area contributed by atoms with Crippen LogP contribution in [0.3, 0.4) is 0 Å². The monoisotopic (exact) mass is 1230 g/mol. The third kappa shape index (κ3) is 13.5. The number of aromatic nitrogens is 11. The molecule has 16 rings (SSSR count). The molecule has 0 bridgehead atoms. The summed E-state index contributed by atoms with van der Waals surface area (Å²) in [5.74, 6) is 5.11. The summed E-state index contributed by atoms with van der Waals surface area (Å²) in [6.07, 6.45) is 8.85. The van der Waals surface area contributed by atoms with Crippen molar-refractivity contribution in [3.8, 4) is 158 Å². The van der Waals surface area contributed by atoms with E-state index in [1.807, 2.05) is 164 Å². The molecule has 96 heavy (non-hydrogen) atoms. The second kappa shape index (κ2) is 27.7. The van der Waals surface area contributed by atoms with Crippen LogP contribution in [0, 0.1) is 0 Å². The molecule has 0 aliphatic carbocycles. The Labute approximate surface area is 556 Å². The molecule has 452 valence electrons. The van der Waals surface area contributed by atoms with E-state index < -0.39 is 0 Å². The molecule has 11 nitrogen and oxygen atoms in total. The number of benzene rings is 11. The van der Waals surface area contributed by atoms with E-state index in [9.17, 15) is 0 Å². The SMILES string of the molecule is c1ccc(-c2ccc(-c3cc(-c4ccc(-c5ncccn5)cc4)cc(-c4nc(-c5ccccc5)nc(-c5ccccc5)n4)c3)cc2)cc1.c1ccc(-c2nc(-c3ccccc3)nc(-c3cc(-c4ccc(-c5ccccn5)cc4)cc(-c4ccc(-c5ncccn5)cc4)c3)n2)cc1. The van der Waals surface area contributed by atoms with E-state index >= 15 is 0 Å². The van der Waals surface area contributed by atoms with Crippen molar-refractivity contribution >= 4 is 0 Å². The van der Waals surface area contributed by atoms with Gasteiger partial charge >= 0.3 is 0 Å². The van der Waals surface area contributed by atoms with Crippen LogP contribution in [0.2, 0.25) is 0 Å². The molecule has 0 unspecified atom stereocenters. The molecule has 5 heterocycles. The first-order valence-electron chi connectivity index (χ1n) is 31.5. The summed E-state index contributed by atoms with van der Waals surface area (Å²) in [5.41, 5.74) is 20.3. The quantitative estimate of drug-likeness (QED) is 0.103. The van der Waals surface area contributed by atoms with Gasteiger partial charge in [0.2, 0.25) is 0 Å². The average Bonchev–Trinajstić information content (AvgIpc) is 0.806. The van der Waals surface area contributed by atoms with E-state index in [1.165, 1.54) is 11.1 Å². The molecule has 0 radical (unpaired) electrons. The van der Waals surface area contributed by atoms with Gasteiger partial charge in [-0.1, -0.05) is 255 Å². The van der Waals surface area contributed by atoms with Crippen molar-refractivity contribution in [2.45, 2.75) is 0 Å². The first kappa shape index (κ1) is 59.1. The van der Waals surface area contributed by atoms with Gasteiger partial charge in [0.25, 0.3) is 0 Å². The molecule has 0 amide bonds. The number of hydrogen-bond donors (Lipinski definition) is 0. The van der Waals surface area contributed by atoms with Gasteiger partial charge in [-0.15, -0.1) is 0 Å². The minimum Gasteiger partial charge on any atom is -0.256 e. The molecule has 5 aromatic heterocycles. The first-order valence-corrected chi connectivity index (χ1v) is 31.5. The number of nitrogens with zero attached hydrogens (tertiary/aromatic N) is 11. The van der Waals surface area contributed by atoms with Crippen LogP contribution in [-0.2, 0) is 0 Å². The maximum absolute atomic E-state index is 5.04. The normalized spacial score (nSPS) is 10.9. The lowest BCUT2D eigenvalue weighted by atomic mass is 9.94. The summed E-state index contributed by atoms with van der Waals surface area (Å²) in [5, 5.41) is 0. The van der Waals surface area contributed by atoms with E-state index in [-0.39, 0.29) is 0 Å². The number of pyridine rings is 1. The van der Waals surface area contributed by atoms with Gasteiger partial charge in [-0.3, -0.25) is 4.98 Å². The van der Waals surface area contributed by atoms with Gasteiger partial charge in [0.1, 0.15) is 0 Å². The molecule has 11 aromatic carbocycles. The fourth-order valence-corrected chi connectivity index (χ4v) is 11.4. The molecule has 0 spiro atoms. The van der Waals surface area contributed by atoms with Crippen molar-refractivity contribution in [2.75, 3.05) is 0 Å². The van der Waals surface area contributed by atoms with Crippen LogP contribution in [-0.4, -0.2) is 54.8 Å². The molecular formula is C85H57N11. The average molecular weight is 1230 g/mol. The van der Waals surface area contributed by atoms with Gasteiger partial charge in [-0.25, -0.2) is 49.8 Å². The maximum Gasteiger partial charge on any atom is 0.164 e. The number of hydrogen-bond acceptors (Lipinski definition) is 11. The van der Waals surface area contributed by atoms with Gasteiger partial charge in [0.15, 0.2) is 46.6 Å². The van der Waals surface area contributed by atoms with Crippen molar-refractivity contribution < 1.29 is 0 Å². The minimum absolute atomic E-state index is 0.602. The second-order valence-corrected chi connectivity index (χ2v) is 22.7. The van der Waals surface area contributed by atoms with Crippen LogP contribution in [0.15, 0.2) is 346 Å². The lowest BCUT2D eigenvalue weighted by Gasteiger charge is -2.13. The Morgan fingerprint density at radius 1 is 0.125 bits per heavy atom. The summed E-state index contributed by atoms with van der Waals surface area (Å²) in [4.78, 5) is 52.1. The summed E-state index contributed by atoms with van der Waals surface area (Å²) < 4.78 is 0. The zero-order chi connectivity index (χ0) is 64.2. The highest BCUT2D eigenvalue weighted by molar-refractivity contribution is 5.84. The molecule has 0 aliphatic rings. The lowest BCUT2D eigenvalue weighted by Crippen LogP contribution is -2.00. The Balaban J connectivity index is 0.000000158. The largest absolute Gasteiger partial charge is 0.256 e. The fraction of sp³-hybridized carbons (Fsp3) is 0. The zero-order valence-corrected chi connectivity index (χ0v) is 51.8. The smallest absolute Gasteiger partial charge is 0.164 e. The van der Waals surface area contributed by atoms with Crippen molar-refractivity contribution in [1.29, 1.82) is 0 Å². The molecule has 0 aliphatic heterocycles.